The Hall–Kier alpha value is -2.75. The molecule has 4 nitrogen and oxygen atoms in total. The van der Waals surface area contributed by atoms with Gasteiger partial charge in [0.2, 0.25) is 0 Å². The number of unbranched alkanes of at least 4 members (excludes halogenated alkanes) is 6. The Kier molecular flexibility index (Phi) is 12.1. The fourth-order valence-electron chi connectivity index (χ4n) is 3.28. The summed E-state index contributed by atoms with van der Waals surface area (Å²) in [7, 11) is 0. The first-order valence-corrected chi connectivity index (χ1v) is 12.0. The topological polar surface area (TPSA) is 44.8 Å². The number of esters is 1. The van der Waals surface area contributed by atoms with Gasteiger partial charge in [-0.3, -0.25) is 0 Å². The van der Waals surface area contributed by atoms with E-state index in [0.717, 1.165) is 18.6 Å². The lowest BCUT2D eigenvalue weighted by Gasteiger charge is -2.14. The predicted octanol–water partition coefficient (Wildman–Crippen LogP) is 8.12. The fraction of sp³-hybridized carbons (Fsp3) is 0.464. The molecule has 1 atom stereocenters. The summed E-state index contributed by atoms with van der Waals surface area (Å²) in [5.41, 5.74) is 0.489. The summed E-state index contributed by atoms with van der Waals surface area (Å²) < 4.78 is 17.0. The highest BCUT2D eigenvalue weighted by atomic mass is 16.5. The number of carbonyl (C=O) groups excluding carboxylic acids is 1. The Balaban J connectivity index is 1.77. The molecule has 0 aliphatic rings. The number of rotatable bonds is 15. The van der Waals surface area contributed by atoms with Gasteiger partial charge in [-0.1, -0.05) is 46.0 Å². The number of allylic oxidation sites excluding steroid dienone is 1. The molecule has 0 saturated heterocycles. The lowest BCUT2D eigenvalue weighted by Crippen LogP contribution is -2.12. The van der Waals surface area contributed by atoms with Crippen LogP contribution in [0.1, 0.15) is 88.9 Å². The summed E-state index contributed by atoms with van der Waals surface area (Å²) in [5, 5.41) is 0. The quantitative estimate of drug-likeness (QED) is 0.122. The third-order valence-corrected chi connectivity index (χ3v) is 5.20. The number of hydrogen-bond acceptors (Lipinski definition) is 4. The Bertz CT molecular complexity index is 793. The molecule has 0 heterocycles. The Morgan fingerprint density at radius 2 is 1.44 bits per heavy atom. The molecule has 0 amide bonds. The SMILES string of the molecule is CCCCC/C=C/Oc1ccc(OC(=O)c2ccc(O[C@@H](C)CCCCCC)cc2)cc1. The van der Waals surface area contributed by atoms with Crippen LogP contribution in [-0.4, -0.2) is 12.1 Å². The molecule has 0 aliphatic heterocycles. The van der Waals surface area contributed by atoms with Crippen LogP contribution in [0.25, 0.3) is 0 Å². The third kappa shape index (κ3) is 10.0. The Morgan fingerprint density at radius 3 is 2.12 bits per heavy atom. The zero-order valence-corrected chi connectivity index (χ0v) is 19.8. The van der Waals surface area contributed by atoms with Crippen molar-refractivity contribution in [2.24, 2.45) is 0 Å². The molecule has 2 aromatic carbocycles. The van der Waals surface area contributed by atoms with Gasteiger partial charge in [-0.05, 0) is 87.2 Å². The van der Waals surface area contributed by atoms with Crippen LogP contribution in [0.4, 0.5) is 0 Å². The normalized spacial score (nSPS) is 12.0. The van der Waals surface area contributed by atoms with Crippen LogP contribution in [0.2, 0.25) is 0 Å². The Morgan fingerprint density at radius 1 is 0.812 bits per heavy atom. The van der Waals surface area contributed by atoms with Crippen molar-refractivity contribution in [2.45, 2.75) is 84.7 Å². The van der Waals surface area contributed by atoms with Gasteiger partial charge in [0.05, 0.1) is 17.9 Å². The largest absolute Gasteiger partial charge is 0.491 e. The molecule has 0 aromatic heterocycles. The van der Waals surface area contributed by atoms with Gasteiger partial charge in [0, 0.05) is 0 Å². The van der Waals surface area contributed by atoms with Gasteiger partial charge in [-0.15, -0.1) is 0 Å². The minimum absolute atomic E-state index is 0.163. The maximum Gasteiger partial charge on any atom is 0.343 e. The average molecular weight is 439 g/mol. The monoisotopic (exact) mass is 438 g/mol. The number of ether oxygens (including phenoxy) is 3. The predicted molar refractivity (Wildman–Crippen MR) is 131 cm³/mol. The van der Waals surface area contributed by atoms with E-state index in [0.29, 0.717) is 17.1 Å². The molecule has 4 heteroatoms. The van der Waals surface area contributed by atoms with E-state index in [1.165, 1.54) is 44.9 Å². The van der Waals surface area contributed by atoms with Crippen molar-refractivity contribution in [3.05, 3.63) is 66.4 Å². The second kappa shape index (κ2) is 15.1. The summed E-state index contributed by atoms with van der Waals surface area (Å²) in [4.78, 5) is 12.4. The molecule has 2 rings (SSSR count). The number of hydrogen-bond donors (Lipinski definition) is 0. The average Bonchev–Trinajstić information content (AvgIpc) is 2.80. The van der Waals surface area contributed by atoms with E-state index in [2.05, 4.69) is 20.8 Å². The van der Waals surface area contributed by atoms with E-state index in [9.17, 15) is 4.79 Å². The third-order valence-electron chi connectivity index (χ3n) is 5.20. The highest BCUT2D eigenvalue weighted by Crippen LogP contribution is 2.21. The Labute approximate surface area is 193 Å². The van der Waals surface area contributed by atoms with Gasteiger partial charge >= 0.3 is 5.97 Å². The molecule has 0 unspecified atom stereocenters. The van der Waals surface area contributed by atoms with Crippen LogP contribution in [-0.2, 0) is 0 Å². The maximum absolute atomic E-state index is 12.4. The number of carbonyl (C=O) groups is 1. The van der Waals surface area contributed by atoms with E-state index in [1.54, 1.807) is 42.7 Å². The molecule has 0 spiro atoms. The zero-order valence-electron chi connectivity index (χ0n) is 19.8. The van der Waals surface area contributed by atoms with Crippen molar-refractivity contribution in [1.29, 1.82) is 0 Å². The smallest absolute Gasteiger partial charge is 0.343 e. The minimum atomic E-state index is -0.395. The van der Waals surface area contributed by atoms with Crippen molar-refractivity contribution >= 4 is 5.97 Å². The summed E-state index contributed by atoms with van der Waals surface area (Å²) in [6.07, 6.45) is 14.5. The van der Waals surface area contributed by atoms with Crippen molar-refractivity contribution in [1.82, 2.24) is 0 Å². The summed E-state index contributed by atoms with van der Waals surface area (Å²) >= 11 is 0. The van der Waals surface area contributed by atoms with Crippen molar-refractivity contribution < 1.29 is 19.0 Å². The van der Waals surface area contributed by atoms with Crippen LogP contribution in [0.3, 0.4) is 0 Å². The van der Waals surface area contributed by atoms with Gasteiger partial charge in [0.1, 0.15) is 17.2 Å². The van der Waals surface area contributed by atoms with E-state index in [4.69, 9.17) is 14.2 Å². The van der Waals surface area contributed by atoms with Crippen LogP contribution in [0.15, 0.2) is 60.9 Å². The highest BCUT2D eigenvalue weighted by molar-refractivity contribution is 5.91. The van der Waals surface area contributed by atoms with E-state index >= 15 is 0 Å². The fourth-order valence-corrected chi connectivity index (χ4v) is 3.28. The lowest BCUT2D eigenvalue weighted by molar-refractivity contribution is 0.0734. The van der Waals surface area contributed by atoms with Gasteiger partial charge in [0.25, 0.3) is 0 Å². The van der Waals surface area contributed by atoms with Crippen molar-refractivity contribution in [3.63, 3.8) is 0 Å². The van der Waals surface area contributed by atoms with Gasteiger partial charge < -0.3 is 14.2 Å². The molecule has 2 aromatic rings. The molecule has 32 heavy (non-hydrogen) atoms. The minimum Gasteiger partial charge on any atom is -0.491 e. The van der Waals surface area contributed by atoms with Crippen LogP contribution >= 0.6 is 0 Å². The molecule has 174 valence electrons. The molecule has 0 bridgehead atoms. The first-order valence-electron chi connectivity index (χ1n) is 12.0. The number of benzene rings is 2. The lowest BCUT2D eigenvalue weighted by atomic mass is 10.1. The van der Waals surface area contributed by atoms with E-state index in [-0.39, 0.29) is 6.10 Å². The highest BCUT2D eigenvalue weighted by Gasteiger charge is 2.10. The van der Waals surface area contributed by atoms with Crippen LogP contribution in [0, 0.1) is 0 Å². The maximum atomic E-state index is 12.4. The molecular formula is C28H38O4. The second-order valence-corrected chi connectivity index (χ2v) is 8.15. The van der Waals surface area contributed by atoms with Gasteiger partial charge in [-0.25, -0.2) is 4.79 Å². The summed E-state index contributed by atoms with van der Waals surface area (Å²) in [6, 6.07) is 14.2. The van der Waals surface area contributed by atoms with Crippen LogP contribution in [0.5, 0.6) is 17.2 Å². The van der Waals surface area contributed by atoms with E-state index in [1.807, 2.05) is 18.2 Å². The van der Waals surface area contributed by atoms with Crippen molar-refractivity contribution in [3.8, 4) is 17.2 Å². The molecular weight excluding hydrogens is 400 g/mol. The molecule has 0 saturated carbocycles. The molecule has 0 radical (unpaired) electrons. The van der Waals surface area contributed by atoms with Crippen molar-refractivity contribution in [2.75, 3.05) is 0 Å². The molecule has 0 fully saturated rings. The first kappa shape index (κ1) is 25.5. The van der Waals surface area contributed by atoms with Crippen LogP contribution < -0.4 is 14.2 Å². The van der Waals surface area contributed by atoms with Gasteiger partial charge in [-0.2, -0.15) is 0 Å². The second-order valence-electron chi connectivity index (χ2n) is 8.15. The summed E-state index contributed by atoms with van der Waals surface area (Å²) in [5.74, 6) is 1.57. The first-order chi connectivity index (χ1) is 15.6. The molecule has 0 N–H and O–H groups in total. The zero-order chi connectivity index (χ0) is 23.0. The van der Waals surface area contributed by atoms with Gasteiger partial charge in [0.15, 0.2) is 0 Å². The van der Waals surface area contributed by atoms with E-state index < -0.39 is 5.97 Å². The molecule has 0 aliphatic carbocycles. The summed E-state index contributed by atoms with van der Waals surface area (Å²) in [6.45, 7) is 6.49. The standard InChI is InChI=1S/C28H38O4/c1-4-6-8-10-12-22-30-25-18-20-27(21-19-25)32-28(29)24-14-16-26(17-15-24)31-23(3)13-11-9-7-5-2/h12,14-23H,4-11,13H2,1-3H3/b22-12+/t23-/m0/s1.